The van der Waals surface area contributed by atoms with Gasteiger partial charge in [0.25, 0.3) is 0 Å². The Bertz CT molecular complexity index is 601. The molecule has 2 aromatic heterocycles. The summed E-state index contributed by atoms with van der Waals surface area (Å²) in [5.41, 5.74) is 3.12. The van der Waals surface area contributed by atoms with Crippen LogP contribution in [0.5, 0.6) is 0 Å². The molecule has 0 aromatic carbocycles. The van der Waals surface area contributed by atoms with Crippen molar-refractivity contribution in [2.24, 2.45) is 0 Å². The molecule has 1 saturated heterocycles. The number of nitrogens with zero attached hydrogens (tertiary/aromatic N) is 4. The molecule has 1 aliphatic rings. The van der Waals surface area contributed by atoms with Gasteiger partial charge in [0.15, 0.2) is 0 Å². The molecule has 0 amide bonds. The zero-order valence-electron chi connectivity index (χ0n) is 11.2. The molecule has 0 spiro atoms. The minimum Gasteiger partial charge on any atom is -0.364 e. The van der Waals surface area contributed by atoms with Crippen LogP contribution in [0, 0.1) is 0 Å². The van der Waals surface area contributed by atoms with Gasteiger partial charge in [0.2, 0.25) is 0 Å². The van der Waals surface area contributed by atoms with Gasteiger partial charge in [0.05, 0.1) is 11.2 Å². The molecule has 0 N–H and O–H groups in total. The van der Waals surface area contributed by atoms with Crippen LogP contribution in [0.25, 0.3) is 11.0 Å². The van der Waals surface area contributed by atoms with Crippen LogP contribution in [-0.2, 0) is 0 Å². The molecule has 5 heteroatoms. The highest BCUT2D eigenvalue weighted by atomic mass is 79.9. The molecular formula is C14H17BrN4. The van der Waals surface area contributed by atoms with Crippen LogP contribution in [0.4, 0.5) is 5.69 Å². The molecule has 2 aromatic rings. The minimum absolute atomic E-state index is 0.495. The second kappa shape index (κ2) is 5.06. The first-order valence-electron chi connectivity index (χ1n) is 6.50. The molecule has 0 bridgehead atoms. The largest absolute Gasteiger partial charge is 0.364 e. The SMILES string of the molecule is CC1CN(C)CCN1c1ccnc2cc(Br)cnc12. The van der Waals surface area contributed by atoms with Gasteiger partial charge in [-0.25, -0.2) is 0 Å². The van der Waals surface area contributed by atoms with Gasteiger partial charge in [-0.3, -0.25) is 9.97 Å². The normalized spacial score (nSPS) is 21.0. The van der Waals surface area contributed by atoms with Crippen LogP contribution < -0.4 is 4.90 Å². The summed E-state index contributed by atoms with van der Waals surface area (Å²) in [4.78, 5) is 13.8. The van der Waals surface area contributed by atoms with Crippen LogP contribution in [0.1, 0.15) is 6.92 Å². The Hall–Kier alpha value is -1.20. The lowest BCUT2D eigenvalue weighted by atomic mass is 10.1. The predicted molar refractivity (Wildman–Crippen MR) is 81.5 cm³/mol. The lowest BCUT2D eigenvalue weighted by Gasteiger charge is -2.39. The molecular weight excluding hydrogens is 304 g/mol. The number of piperazine rings is 1. The second-order valence-electron chi connectivity index (χ2n) is 5.16. The average Bonchev–Trinajstić information content (AvgIpc) is 2.38. The molecule has 0 saturated carbocycles. The van der Waals surface area contributed by atoms with E-state index in [-0.39, 0.29) is 0 Å². The molecule has 100 valence electrons. The molecule has 3 heterocycles. The van der Waals surface area contributed by atoms with Gasteiger partial charge in [-0.05, 0) is 42.0 Å². The van der Waals surface area contributed by atoms with Crippen molar-refractivity contribution in [3.8, 4) is 0 Å². The molecule has 1 unspecified atom stereocenters. The molecule has 1 fully saturated rings. The van der Waals surface area contributed by atoms with E-state index in [0.29, 0.717) is 6.04 Å². The first-order valence-corrected chi connectivity index (χ1v) is 7.30. The van der Waals surface area contributed by atoms with E-state index >= 15 is 0 Å². The van der Waals surface area contributed by atoms with Crippen molar-refractivity contribution in [2.75, 3.05) is 31.6 Å². The van der Waals surface area contributed by atoms with E-state index in [4.69, 9.17) is 0 Å². The fourth-order valence-electron chi connectivity index (χ4n) is 2.72. The quantitative estimate of drug-likeness (QED) is 0.808. The summed E-state index contributed by atoms with van der Waals surface area (Å²) in [6.45, 7) is 5.47. The summed E-state index contributed by atoms with van der Waals surface area (Å²) < 4.78 is 0.969. The Morgan fingerprint density at radius 3 is 2.95 bits per heavy atom. The summed E-state index contributed by atoms with van der Waals surface area (Å²) in [5, 5.41) is 0. The summed E-state index contributed by atoms with van der Waals surface area (Å²) in [6, 6.07) is 4.59. The average molecular weight is 321 g/mol. The summed E-state index contributed by atoms with van der Waals surface area (Å²) in [7, 11) is 2.17. The minimum atomic E-state index is 0.495. The Labute approximate surface area is 121 Å². The van der Waals surface area contributed by atoms with E-state index in [0.717, 1.165) is 35.1 Å². The maximum atomic E-state index is 4.54. The standard InChI is InChI=1S/C14H17BrN4/c1-10-9-18(2)5-6-19(10)13-3-4-16-12-7-11(15)8-17-14(12)13/h3-4,7-8,10H,5-6,9H2,1-2H3. The lowest BCUT2D eigenvalue weighted by molar-refractivity contribution is 0.276. The first-order chi connectivity index (χ1) is 9.15. The monoisotopic (exact) mass is 320 g/mol. The van der Waals surface area contributed by atoms with Gasteiger partial charge in [0.1, 0.15) is 5.52 Å². The lowest BCUT2D eigenvalue weighted by Crippen LogP contribution is -2.50. The van der Waals surface area contributed by atoms with Gasteiger partial charge in [0, 0.05) is 42.5 Å². The number of likely N-dealkylation sites (N-methyl/N-ethyl adjacent to an activating group) is 1. The molecule has 1 aliphatic heterocycles. The smallest absolute Gasteiger partial charge is 0.112 e. The van der Waals surface area contributed by atoms with Crippen LogP contribution in [-0.4, -0.2) is 47.6 Å². The van der Waals surface area contributed by atoms with Crippen molar-refractivity contribution >= 4 is 32.7 Å². The number of hydrogen-bond acceptors (Lipinski definition) is 4. The second-order valence-corrected chi connectivity index (χ2v) is 6.07. The van der Waals surface area contributed by atoms with Crippen molar-refractivity contribution in [3.63, 3.8) is 0 Å². The van der Waals surface area contributed by atoms with Crippen molar-refractivity contribution < 1.29 is 0 Å². The van der Waals surface area contributed by atoms with Gasteiger partial charge in [-0.1, -0.05) is 0 Å². The third kappa shape index (κ3) is 2.44. The predicted octanol–water partition coefficient (Wildman–Crippen LogP) is 2.53. The van der Waals surface area contributed by atoms with Gasteiger partial charge in [-0.2, -0.15) is 0 Å². The molecule has 4 nitrogen and oxygen atoms in total. The number of rotatable bonds is 1. The van der Waals surface area contributed by atoms with E-state index in [1.165, 1.54) is 5.69 Å². The molecule has 0 radical (unpaired) electrons. The zero-order chi connectivity index (χ0) is 13.4. The maximum absolute atomic E-state index is 4.54. The van der Waals surface area contributed by atoms with E-state index in [1.807, 2.05) is 18.5 Å². The number of hydrogen-bond donors (Lipinski definition) is 0. The third-order valence-corrected chi connectivity index (χ3v) is 4.10. The van der Waals surface area contributed by atoms with E-state index in [1.54, 1.807) is 0 Å². The molecule has 3 rings (SSSR count). The highest BCUT2D eigenvalue weighted by Crippen LogP contribution is 2.27. The van der Waals surface area contributed by atoms with Crippen LogP contribution in [0.2, 0.25) is 0 Å². The Kier molecular flexibility index (Phi) is 3.41. The number of anilines is 1. The van der Waals surface area contributed by atoms with Crippen LogP contribution >= 0.6 is 15.9 Å². The maximum Gasteiger partial charge on any atom is 0.112 e. The Balaban J connectivity index is 2.05. The number of aromatic nitrogens is 2. The number of pyridine rings is 2. The first kappa shape index (κ1) is 12.8. The highest BCUT2D eigenvalue weighted by molar-refractivity contribution is 9.10. The Morgan fingerprint density at radius 2 is 2.16 bits per heavy atom. The van der Waals surface area contributed by atoms with Crippen molar-refractivity contribution in [3.05, 3.63) is 29.0 Å². The molecule has 1 atom stereocenters. The zero-order valence-corrected chi connectivity index (χ0v) is 12.8. The number of fused-ring (bicyclic) bond motifs is 1. The fraction of sp³-hybridized carbons (Fsp3) is 0.429. The summed E-state index contributed by atoms with van der Waals surface area (Å²) in [5.74, 6) is 0. The summed E-state index contributed by atoms with van der Waals surface area (Å²) in [6.07, 6.45) is 3.71. The molecule has 19 heavy (non-hydrogen) atoms. The van der Waals surface area contributed by atoms with Crippen LogP contribution in [0.15, 0.2) is 29.0 Å². The van der Waals surface area contributed by atoms with Crippen LogP contribution in [0.3, 0.4) is 0 Å². The van der Waals surface area contributed by atoms with E-state index < -0.39 is 0 Å². The van der Waals surface area contributed by atoms with Crippen molar-refractivity contribution in [1.82, 2.24) is 14.9 Å². The number of halogens is 1. The third-order valence-electron chi connectivity index (χ3n) is 3.66. The van der Waals surface area contributed by atoms with Crippen molar-refractivity contribution in [2.45, 2.75) is 13.0 Å². The van der Waals surface area contributed by atoms with E-state index in [9.17, 15) is 0 Å². The van der Waals surface area contributed by atoms with Gasteiger partial charge >= 0.3 is 0 Å². The van der Waals surface area contributed by atoms with Crippen molar-refractivity contribution in [1.29, 1.82) is 0 Å². The fourth-order valence-corrected chi connectivity index (χ4v) is 3.04. The molecule has 0 aliphatic carbocycles. The summed E-state index contributed by atoms with van der Waals surface area (Å²) >= 11 is 3.45. The Morgan fingerprint density at radius 1 is 1.32 bits per heavy atom. The van der Waals surface area contributed by atoms with E-state index in [2.05, 4.69) is 55.7 Å². The topological polar surface area (TPSA) is 32.3 Å². The van der Waals surface area contributed by atoms with Gasteiger partial charge < -0.3 is 9.80 Å². The highest BCUT2D eigenvalue weighted by Gasteiger charge is 2.23. The van der Waals surface area contributed by atoms with Gasteiger partial charge in [-0.15, -0.1) is 0 Å².